The van der Waals surface area contributed by atoms with E-state index in [0.717, 1.165) is 18.9 Å². The Hall–Kier alpha value is 0.270. The van der Waals surface area contributed by atoms with Gasteiger partial charge in [-0.1, -0.05) is 19.8 Å². The van der Waals surface area contributed by atoms with Crippen LogP contribution in [0.25, 0.3) is 0 Å². The molecule has 0 aromatic rings. The van der Waals surface area contributed by atoms with Crippen molar-refractivity contribution in [1.82, 2.24) is 4.90 Å². The number of aliphatic hydroxyl groups is 1. The molecule has 100 valence electrons. The molecule has 3 heteroatoms. The van der Waals surface area contributed by atoms with Gasteiger partial charge in [-0.15, -0.1) is 0 Å². The largest absolute Gasteiger partial charge is 0.393 e. The number of hydrogen-bond acceptors (Lipinski definition) is 3. The maximum absolute atomic E-state index is 10.2. The molecule has 2 nitrogen and oxygen atoms in total. The van der Waals surface area contributed by atoms with E-state index in [1.807, 2.05) is 0 Å². The molecule has 0 aromatic carbocycles. The molecule has 0 aromatic heterocycles. The maximum atomic E-state index is 10.2. The van der Waals surface area contributed by atoms with E-state index in [1.165, 1.54) is 50.3 Å². The lowest BCUT2D eigenvalue weighted by molar-refractivity contribution is 0.0274. The summed E-state index contributed by atoms with van der Waals surface area (Å²) in [6.45, 7) is 5.88. The molecule has 1 aliphatic carbocycles. The van der Waals surface area contributed by atoms with Crippen molar-refractivity contribution < 1.29 is 5.11 Å². The van der Waals surface area contributed by atoms with Crippen molar-refractivity contribution in [1.29, 1.82) is 0 Å². The Balaban J connectivity index is 1.80. The first kappa shape index (κ1) is 13.7. The van der Waals surface area contributed by atoms with Gasteiger partial charge in [-0.05, 0) is 31.1 Å². The van der Waals surface area contributed by atoms with Gasteiger partial charge in [0.25, 0.3) is 0 Å². The molecule has 2 fully saturated rings. The first-order valence-corrected chi connectivity index (χ1v) is 8.43. The van der Waals surface area contributed by atoms with E-state index in [0.29, 0.717) is 5.92 Å². The first-order valence-electron chi connectivity index (χ1n) is 7.27. The molecule has 1 saturated carbocycles. The van der Waals surface area contributed by atoms with Crippen molar-refractivity contribution >= 4 is 11.8 Å². The van der Waals surface area contributed by atoms with Crippen LogP contribution in [0.2, 0.25) is 0 Å². The summed E-state index contributed by atoms with van der Waals surface area (Å²) in [5, 5.41) is 10.2. The fraction of sp³-hybridized carbons (Fsp3) is 1.00. The minimum atomic E-state index is -0.0299. The summed E-state index contributed by atoms with van der Waals surface area (Å²) in [5.74, 6) is 3.98. The third-order valence-electron chi connectivity index (χ3n) is 4.34. The molecule has 1 N–H and O–H groups in total. The van der Waals surface area contributed by atoms with E-state index in [9.17, 15) is 5.11 Å². The molecule has 1 saturated heterocycles. The third-order valence-corrected chi connectivity index (χ3v) is 5.29. The highest BCUT2D eigenvalue weighted by atomic mass is 32.2. The van der Waals surface area contributed by atoms with Gasteiger partial charge in [0.15, 0.2) is 0 Å². The Labute approximate surface area is 110 Å². The summed E-state index contributed by atoms with van der Waals surface area (Å²) in [7, 11) is 0. The van der Waals surface area contributed by atoms with Gasteiger partial charge in [-0.25, -0.2) is 0 Å². The minimum Gasteiger partial charge on any atom is -0.393 e. The third kappa shape index (κ3) is 4.15. The van der Waals surface area contributed by atoms with Crippen LogP contribution in [0.15, 0.2) is 0 Å². The summed E-state index contributed by atoms with van der Waals surface area (Å²) in [5.41, 5.74) is 0. The molecule has 2 aliphatic rings. The monoisotopic (exact) mass is 257 g/mol. The van der Waals surface area contributed by atoms with Crippen molar-refractivity contribution in [2.75, 3.05) is 31.1 Å². The Morgan fingerprint density at radius 2 is 2.00 bits per heavy atom. The summed E-state index contributed by atoms with van der Waals surface area (Å²) >= 11 is 2.07. The molecule has 0 amide bonds. The number of nitrogens with zero attached hydrogens (tertiary/aromatic N) is 1. The average Bonchev–Trinajstić information content (AvgIpc) is 2.35. The second-order valence-electron chi connectivity index (χ2n) is 5.71. The lowest BCUT2D eigenvalue weighted by atomic mass is 9.77. The SMILES string of the molecule is CCCC1CCC(O)C(CN2CCSCC2)C1. The number of aliphatic hydroxyl groups excluding tert-OH is 1. The molecule has 1 heterocycles. The van der Waals surface area contributed by atoms with E-state index < -0.39 is 0 Å². The maximum Gasteiger partial charge on any atom is 0.0580 e. The Kier molecular flexibility index (Phi) is 5.64. The fourth-order valence-electron chi connectivity index (χ4n) is 3.33. The molecular weight excluding hydrogens is 230 g/mol. The molecule has 0 radical (unpaired) electrons. The summed E-state index contributed by atoms with van der Waals surface area (Å²) in [6.07, 6.45) is 6.18. The predicted molar refractivity (Wildman–Crippen MR) is 75.5 cm³/mol. The first-order chi connectivity index (χ1) is 8.29. The average molecular weight is 257 g/mol. The van der Waals surface area contributed by atoms with Crippen LogP contribution >= 0.6 is 11.8 Å². The Bertz CT molecular complexity index is 218. The number of rotatable bonds is 4. The molecule has 0 bridgehead atoms. The second kappa shape index (κ2) is 7.01. The topological polar surface area (TPSA) is 23.5 Å². The highest BCUT2D eigenvalue weighted by Crippen LogP contribution is 2.33. The van der Waals surface area contributed by atoms with Crippen LogP contribution in [0.3, 0.4) is 0 Å². The van der Waals surface area contributed by atoms with Crippen LogP contribution in [-0.2, 0) is 0 Å². The highest BCUT2D eigenvalue weighted by molar-refractivity contribution is 7.99. The van der Waals surface area contributed by atoms with Gasteiger partial charge in [0, 0.05) is 31.1 Å². The fourth-order valence-corrected chi connectivity index (χ4v) is 4.31. The molecule has 1 aliphatic heterocycles. The molecule has 0 spiro atoms. The standard InChI is InChI=1S/C14H27NOS/c1-2-3-12-4-5-14(16)13(10-12)11-15-6-8-17-9-7-15/h12-14,16H,2-11H2,1H3. The van der Waals surface area contributed by atoms with E-state index in [1.54, 1.807) is 0 Å². The second-order valence-corrected chi connectivity index (χ2v) is 6.93. The predicted octanol–water partition coefficient (Wildman–Crippen LogP) is 2.61. The van der Waals surface area contributed by atoms with Gasteiger partial charge in [-0.2, -0.15) is 11.8 Å². The van der Waals surface area contributed by atoms with Crippen LogP contribution in [0, 0.1) is 11.8 Å². The van der Waals surface area contributed by atoms with Crippen molar-refractivity contribution in [2.45, 2.75) is 45.1 Å². The zero-order chi connectivity index (χ0) is 12.1. The summed E-state index contributed by atoms with van der Waals surface area (Å²) in [4.78, 5) is 2.57. The molecule has 3 unspecified atom stereocenters. The molecule has 3 atom stereocenters. The molecular formula is C14H27NOS. The van der Waals surface area contributed by atoms with Gasteiger partial charge in [0.2, 0.25) is 0 Å². The van der Waals surface area contributed by atoms with E-state index in [4.69, 9.17) is 0 Å². The molecule has 2 rings (SSSR count). The van der Waals surface area contributed by atoms with Crippen LogP contribution in [0.5, 0.6) is 0 Å². The van der Waals surface area contributed by atoms with Gasteiger partial charge >= 0.3 is 0 Å². The lowest BCUT2D eigenvalue weighted by Gasteiger charge is -2.37. The van der Waals surface area contributed by atoms with Crippen molar-refractivity contribution in [3.8, 4) is 0 Å². The van der Waals surface area contributed by atoms with E-state index in [-0.39, 0.29) is 6.10 Å². The van der Waals surface area contributed by atoms with Crippen LogP contribution in [0.4, 0.5) is 0 Å². The normalized spacial score (nSPS) is 36.0. The van der Waals surface area contributed by atoms with Crippen molar-refractivity contribution in [3.63, 3.8) is 0 Å². The van der Waals surface area contributed by atoms with E-state index >= 15 is 0 Å². The Morgan fingerprint density at radius 3 is 2.71 bits per heavy atom. The van der Waals surface area contributed by atoms with Crippen molar-refractivity contribution in [2.24, 2.45) is 11.8 Å². The zero-order valence-corrected chi connectivity index (χ0v) is 11.9. The smallest absolute Gasteiger partial charge is 0.0580 e. The van der Waals surface area contributed by atoms with Crippen LogP contribution in [0.1, 0.15) is 39.0 Å². The molecule has 17 heavy (non-hydrogen) atoms. The number of thioether (sulfide) groups is 1. The van der Waals surface area contributed by atoms with Gasteiger partial charge in [-0.3, -0.25) is 0 Å². The van der Waals surface area contributed by atoms with Gasteiger partial charge < -0.3 is 10.0 Å². The summed E-state index contributed by atoms with van der Waals surface area (Å²) in [6, 6.07) is 0. The Morgan fingerprint density at radius 1 is 1.24 bits per heavy atom. The summed E-state index contributed by atoms with van der Waals surface area (Å²) < 4.78 is 0. The number of hydrogen-bond donors (Lipinski definition) is 1. The van der Waals surface area contributed by atoms with Gasteiger partial charge in [0.1, 0.15) is 0 Å². The quantitative estimate of drug-likeness (QED) is 0.837. The van der Waals surface area contributed by atoms with Gasteiger partial charge in [0.05, 0.1) is 6.10 Å². The van der Waals surface area contributed by atoms with Crippen LogP contribution in [-0.4, -0.2) is 47.3 Å². The van der Waals surface area contributed by atoms with Crippen LogP contribution < -0.4 is 0 Å². The lowest BCUT2D eigenvalue weighted by Crippen LogP contribution is -2.42. The highest BCUT2D eigenvalue weighted by Gasteiger charge is 2.30. The minimum absolute atomic E-state index is 0.0299. The van der Waals surface area contributed by atoms with Crippen molar-refractivity contribution in [3.05, 3.63) is 0 Å². The van der Waals surface area contributed by atoms with E-state index in [2.05, 4.69) is 23.6 Å². The zero-order valence-electron chi connectivity index (χ0n) is 11.1.